The van der Waals surface area contributed by atoms with Crippen LogP contribution in [-0.4, -0.2) is 18.3 Å². The molecule has 1 aromatic rings. The number of carbonyl (C=O) groups excluding carboxylic acids is 1. The Balaban J connectivity index is 3.19. The van der Waals surface area contributed by atoms with Gasteiger partial charge < -0.3 is 11.1 Å². The highest BCUT2D eigenvalue weighted by Gasteiger charge is 2.07. The number of nitrogens with zero attached hydrogens (tertiary/aromatic N) is 1. The first-order chi connectivity index (χ1) is 8.99. The second-order valence-corrected chi connectivity index (χ2v) is 4.36. The van der Waals surface area contributed by atoms with Crippen molar-refractivity contribution in [1.29, 1.82) is 0 Å². The number of nitrogens with one attached hydrogen (secondary N) is 1. The maximum absolute atomic E-state index is 12.7. The minimum Gasteiger partial charge on any atom is -0.397 e. The van der Waals surface area contributed by atoms with E-state index in [1.807, 2.05) is 13.8 Å². The van der Waals surface area contributed by atoms with E-state index in [9.17, 15) is 9.18 Å². The number of aromatic nitrogens is 1. The molecule has 0 spiro atoms. The van der Waals surface area contributed by atoms with E-state index < -0.39 is 5.95 Å². The summed E-state index contributed by atoms with van der Waals surface area (Å²) >= 11 is 0. The molecule has 1 heterocycles. The van der Waals surface area contributed by atoms with Gasteiger partial charge in [-0.15, -0.1) is 0 Å². The highest BCUT2D eigenvalue weighted by molar-refractivity contribution is 6.07. The predicted molar refractivity (Wildman–Crippen MR) is 73.3 cm³/mol. The van der Waals surface area contributed by atoms with E-state index in [-0.39, 0.29) is 5.92 Å². The number of allylic oxidation sites excluding steroid dienone is 3. The molecule has 0 aromatic carbocycles. The van der Waals surface area contributed by atoms with E-state index in [4.69, 9.17) is 5.73 Å². The molecule has 4 nitrogen and oxygen atoms in total. The van der Waals surface area contributed by atoms with Crippen molar-refractivity contribution in [2.24, 2.45) is 11.7 Å². The number of carbonyl (C=O) groups is 1. The summed E-state index contributed by atoms with van der Waals surface area (Å²) in [5, 5.41) is 3.01. The van der Waals surface area contributed by atoms with Crippen LogP contribution in [0.2, 0.25) is 0 Å². The van der Waals surface area contributed by atoms with Crippen LogP contribution in [0.5, 0.6) is 0 Å². The normalized spacial score (nSPS) is 13.2. The van der Waals surface area contributed by atoms with Gasteiger partial charge in [0.25, 0.3) is 0 Å². The maximum atomic E-state index is 12.7. The summed E-state index contributed by atoms with van der Waals surface area (Å²) in [6, 6.07) is 2.69. The van der Waals surface area contributed by atoms with Crippen molar-refractivity contribution in [2.75, 3.05) is 7.05 Å². The van der Waals surface area contributed by atoms with Crippen molar-refractivity contribution in [1.82, 2.24) is 10.3 Å². The first-order valence-corrected chi connectivity index (χ1v) is 5.95. The van der Waals surface area contributed by atoms with E-state index >= 15 is 0 Å². The number of rotatable bonds is 5. The van der Waals surface area contributed by atoms with Gasteiger partial charge in [-0.1, -0.05) is 13.8 Å². The molecule has 0 radical (unpaired) electrons. The minimum absolute atomic E-state index is 0.209. The van der Waals surface area contributed by atoms with Gasteiger partial charge in [-0.2, -0.15) is 4.39 Å². The van der Waals surface area contributed by atoms with Gasteiger partial charge >= 0.3 is 0 Å². The Morgan fingerprint density at radius 2 is 2.16 bits per heavy atom. The summed E-state index contributed by atoms with van der Waals surface area (Å²) in [4.78, 5) is 14.6. The Labute approximate surface area is 112 Å². The molecule has 3 N–H and O–H groups in total. The average molecular weight is 263 g/mol. The van der Waals surface area contributed by atoms with Crippen LogP contribution in [0.3, 0.4) is 0 Å². The van der Waals surface area contributed by atoms with Crippen molar-refractivity contribution in [3.8, 4) is 0 Å². The van der Waals surface area contributed by atoms with Crippen LogP contribution in [0.4, 0.5) is 4.39 Å². The molecule has 0 fully saturated rings. The first kappa shape index (κ1) is 14.9. The van der Waals surface area contributed by atoms with Crippen molar-refractivity contribution in [3.63, 3.8) is 0 Å². The standard InChI is InChI=1S/C14H18FN3O/c1-9(2)14(17-3)12(16)6-11(8-19)10-4-5-13(15)18-7-10/h4-9,17H,16H2,1-3H3/b11-6+,14-12+. The van der Waals surface area contributed by atoms with Gasteiger partial charge in [0.05, 0.1) is 5.70 Å². The first-order valence-electron chi connectivity index (χ1n) is 5.95. The molecule has 1 rings (SSSR count). The van der Waals surface area contributed by atoms with Gasteiger partial charge in [0.1, 0.15) is 0 Å². The third-order valence-electron chi connectivity index (χ3n) is 2.66. The second-order valence-electron chi connectivity index (χ2n) is 4.36. The zero-order valence-electron chi connectivity index (χ0n) is 11.3. The summed E-state index contributed by atoms with van der Waals surface area (Å²) < 4.78 is 12.7. The predicted octanol–water partition coefficient (Wildman–Crippen LogP) is 1.85. The summed E-state index contributed by atoms with van der Waals surface area (Å²) in [5.41, 5.74) is 8.16. The van der Waals surface area contributed by atoms with Crippen LogP contribution in [0.1, 0.15) is 19.4 Å². The fourth-order valence-electron chi connectivity index (χ4n) is 1.74. The fraction of sp³-hybridized carbons (Fsp3) is 0.286. The molecule has 0 amide bonds. The van der Waals surface area contributed by atoms with Crippen LogP contribution in [0.25, 0.3) is 5.57 Å². The summed E-state index contributed by atoms with van der Waals surface area (Å²) in [6.07, 6.45) is 3.54. The molecule has 0 bridgehead atoms. The monoisotopic (exact) mass is 263 g/mol. The Morgan fingerprint density at radius 3 is 2.58 bits per heavy atom. The lowest BCUT2D eigenvalue weighted by Gasteiger charge is -2.13. The molecule has 0 atom stereocenters. The van der Waals surface area contributed by atoms with Crippen molar-refractivity contribution < 1.29 is 9.18 Å². The van der Waals surface area contributed by atoms with Crippen LogP contribution < -0.4 is 11.1 Å². The highest BCUT2D eigenvalue weighted by atomic mass is 19.1. The highest BCUT2D eigenvalue weighted by Crippen LogP contribution is 2.16. The van der Waals surface area contributed by atoms with Gasteiger partial charge in [-0.3, -0.25) is 4.79 Å². The molecular formula is C14H18FN3O. The Hall–Kier alpha value is -2.17. The number of halogens is 1. The largest absolute Gasteiger partial charge is 0.397 e. The van der Waals surface area contributed by atoms with Crippen molar-refractivity contribution in [2.45, 2.75) is 13.8 Å². The van der Waals surface area contributed by atoms with Crippen LogP contribution in [-0.2, 0) is 4.79 Å². The average Bonchev–Trinajstić information content (AvgIpc) is 2.37. The van der Waals surface area contributed by atoms with Gasteiger partial charge in [0.2, 0.25) is 5.95 Å². The van der Waals surface area contributed by atoms with Gasteiger partial charge in [0, 0.05) is 30.1 Å². The molecule has 0 saturated carbocycles. The third-order valence-corrected chi connectivity index (χ3v) is 2.66. The Bertz CT molecular complexity index is 504. The number of hydrogen-bond acceptors (Lipinski definition) is 4. The smallest absolute Gasteiger partial charge is 0.212 e. The molecule has 0 aliphatic heterocycles. The summed E-state index contributed by atoms with van der Waals surface area (Å²) in [6.45, 7) is 3.99. The molecule has 0 saturated heterocycles. The van der Waals surface area contributed by atoms with Crippen LogP contribution >= 0.6 is 0 Å². The third kappa shape index (κ3) is 3.91. The number of aldehydes is 1. The number of nitrogens with two attached hydrogens (primary N) is 1. The van der Waals surface area contributed by atoms with Gasteiger partial charge in [-0.05, 0) is 24.1 Å². The van der Waals surface area contributed by atoms with Crippen molar-refractivity contribution >= 4 is 11.9 Å². The molecule has 0 unspecified atom stereocenters. The summed E-state index contributed by atoms with van der Waals surface area (Å²) in [5.74, 6) is -0.379. The van der Waals surface area contributed by atoms with Crippen LogP contribution in [0.15, 0.2) is 35.8 Å². The van der Waals surface area contributed by atoms with E-state index in [1.165, 1.54) is 18.3 Å². The molecular weight excluding hydrogens is 245 g/mol. The lowest BCUT2D eigenvalue weighted by atomic mass is 10.0. The van der Waals surface area contributed by atoms with Gasteiger partial charge in [-0.25, -0.2) is 4.98 Å². The maximum Gasteiger partial charge on any atom is 0.212 e. The molecule has 19 heavy (non-hydrogen) atoms. The molecule has 102 valence electrons. The molecule has 0 aliphatic rings. The van der Waals surface area contributed by atoms with E-state index in [1.54, 1.807) is 13.1 Å². The number of hydrogen-bond donors (Lipinski definition) is 2. The molecule has 5 heteroatoms. The van der Waals surface area contributed by atoms with E-state index in [0.717, 1.165) is 5.70 Å². The summed E-state index contributed by atoms with van der Waals surface area (Å²) in [7, 11) is 1.77. The SMILES string of the molecule is CN/C(=C(N)\C=C(/C=O)c1ccc(F)nc1)C(C)C. The Kier molecular flexibility index (Phi) is 5.23. The van der Waals surface area contributed by atoms with E-state index in [2.05, 4.69) is 10.3 Å². The van der Waals surface area contributed by atoms with Crippen molar-refractivity contribution in [3.05, 3.63) is 47.3 Å². The minimum atomic E-state index is -0.587. The fourth-order valence-corrected chi connectivity index (χ4v) is 1.74. The molecule has 1 aromatic heterocycles. The van der Waals surface area contributed by atoms with E-state index in [0.29, 0.717) is 23.1 Å². The van der Waals surface area contributed by atoms with Gasteiger partial charge in [0.15, 0.2) is 6.29 Å². The molecule has 0 aliphatic carbocycles. The second kappa shape index (κ2) is 6.68. The zero-order valence-corrected chi connectivity index (χ0v) is 11.3. The quantitative estimate of drug-likeness (QED) is 0.368. The number of pyridine rings is 1. The topological polar surface area (TPSA) is 68.0 Å². The Morgan fingerprint density at radius 1 is 1.47 bits per heavy atom. The lowest BCUT2D eigenvalue weighted by molar-refractivity contribution is -0.103. The van der Waals surface area contributed by atoms with Crippen LogP contribution in [0, 0.1) is 11.9 Å². The zero-order chi connectivity index (χ0) is 14.4. The lowest BCUT2D eigenvalue weighted by Crippen LogP contribution is -2.18.